The summed E-state index contributed by atoms with van der Waals surface area (Å²) in [4.78, 5) is 15.8. The Kier molecular flexibility index (Phi) is 8.52. The monoisotopic (exact) mass is 332 g/mol. The first-order valence-corrected chi connectivity index (χ1v) is 8.20. The molecule has 2 rings (SSSR count). The molecule has 23 heavy (non-hydrogen) atoms. The largest absolute Gasteiger partial charge is 0.312 e. The fourth-order valence-electron chi connectivity index (χ4n) is 2.14. The van der Waals surface area contributed by atoms with E-state index in [1.54, 1.807) is 24.5 Å². The van der Waals surface area contributed by atoms with Gasteiger partial charge in [-0.25, -0.2) is 0 Å². The second-order valence-electron chi connectivity index (χ2n) is 5.91. The number of benzene rings is 1. The molecule has 0 aliphatic carbocycles. The van der Waals surface area contributed by atoms with E-state index in [1.807, 2.05) is 24.3 Å². The van der Waals surface area contributed by atoms with E-state index in [9.17, 15) is 4.79 Å². The quantitative estimate of drug-likeness (QED) is 0.816. The number of nitrogens with zero attached hydrogens (tertiary/aromatic N) is 1. The van der Waals surface area contributed by atoms with Crippen LogP contribution in [0.2, 0.25) is 5.02 Å². The average Bonchev–Trinajstić information content (AvgIpc) is 2.48. The van der Waals surface area contributed by atoms with Crippen molar-refractivity contribution < 1.29 is 4.79 Å². The van der Waals surface area contributed by atoms with E-state index < -0.39 is 0 Å². The van der Waals surface area contributed by atoms with E-state index >= 15 is 0 Å². The smallest absolute Gasteiger partial charge is 0.168 e. The van der Waals surface area contributed by atoms with Crippen molar-refractivity contribution >= 4 is 17.4 Å². The highest BCUT2D eigenvalue weighted by Crippen LogP contribution is 2.17. The number of carbonyl (C=O) groups is 1. The molecule has 1 N–H and O–H groups in total. The zero-order valence-corrected chi connectivity index (χ0v) is 15.0. The van der Waals surface area contributed by atoms with E-state index in [4.69, 9.17) is 11.6 Å². The summed E-state index contributed by atoms with van der Waals surface area (Å²) in [7, 11) is 0. The van der Waals surface area contributed by atoms with Gasteiger partial charge >= 0.3 is 0 Å². The van der Waals surface area contributed by atoms with Gasteiger partial charge in [0.25, 0.3) is 0 Å². The fourth-order valence-corrected chi connectivity index (χ4v) is 2.38. The van der Waals surface area contributed by atoms with E-state index in [1.165, 1.54) is 0 Å². The fraction of sp³-hybridized carbons (Fsp3) is 0.368. The topological polar surface area (TPSA) is 42.0 Å². The molecule has 124 valence electrons. The van der Waals surface area contributed by atoms with E-state index in [2.05, 4.69) is 38.0 Å². The van der Waals surface area contributed by atoms with Crippen LogP contribution in [0.5, 0.6) is 0 Å². The average molecular weight is 333 g/mol. The molecule has 0 aliphatic rings. The predicted molar refractivity (Wildman–Crippen MR) is 97.1 cm³/mol. The van der Waals surface area contributed by atoms with Crippen LogP contribution in [0.1, 0.15) is 43.6 Å². The van der Waals surface area contributed by atoms with Crippen molar-refractivity contribution in [3.05, 3.63) is 64.9 Å². The number of hydrogen-bond donors (Lipinski definition) is 1. The van der Waals surface area contributed by atoms with Gasteiger partial charge in [-0.1, -0.05) is 51.4 Å². The van der Waals surface area contributed by atoms with Crippen molar-refractivity contribution in [3.8, 4) is 0 Å². The Morgan fingerprint density at radius 1 is 1.04 bits per heavy atom. The highest BCUT2D eigenvalue weighted by atomic mass is 35.5. The third-order valence-electron chi connectivity index (χ3n) is 2.95. The predicted octanol–water partition coefficient (Wildman–Crippen LogP) is 4.55. The molecule has 0 unspecified atom stereocenters. The molecule has 0 radical (unpaired) electrons. The Bertz CT molecular complexity index is 591. The summed E-state index contributed by atoms with van der Waals surface area (Å²) in [5, 5.41) is 3.81. The van der Waals surface area contributed by atoms with Crippen molar-refractivity contribution in [2.24, 2.45) is 0 Å². The molecule has 0 fully saturated rings. The normalized spacial score (nSPS) is 10.4. The van der Waals surface area contributed by atoms with Crippen LogP contribution in [0.25, 0.3) is 0 Å². The van der Waals surface area contributed by atoms with Gasteiger partial charge in [-0.2, -0.15) is 0 Å². The van der Waals surface area contributed by atoms with Crippen LogP contribution in [0.3, 0.4) is 0 Å². The molecule has 0 saturated carbocycles. The first-order chi connectivity index (χ1) is 10.9. The summed E-state index contributed by atoms with van der Waals surface area (Å²) >= 11 is 5.95. The number of ketones is 1. The second-order valence-corrected chi connectivity index (χ2v) is 6.32. The van der Waals surface area contributed by atoms with Crippen LogP contribution in [0.15, 0.2) is 48.8 Å². The molecule has 0 bridgehead atoms. The molecule has 1 heterocycles. The molecule has 4 heteroatoms. The van der Waals surface area contributed by atoms with Crippen LogP contribution in [-0.4, -0.2) is 22.9 Å². The van der Waals surface area contributed by atoms with E-state index in [0.717, 1.165) is 5.56 Å². The Morgan fingerprint density at radius 2 is 1.61 bits per heavy atom. The zero-order valence-electron chi connectivity index (χ0n) is 14.2. The van der Waals surface area contributed by atoms with Gasteiger partial charge < -0.3 is 5.32 Å². The highest BCUT2D eigenvalue weighted by Gasteiger charge is 2.09. The van der Waals surface area contributed by atoms with Gasteiger partial charge in [-0.05, 0) is 29.8 Å². The van der Waals surface area contributed by atoms with Gasteiger partial charge in [0.05, 0.1) is 5.02 Å². The molecule has 2 aromatic rings. The molecule has 0 aliphatic heterocycles. The van der Waals surface area contributed by atoms with Gasteiger partial charge in [0.15, 0.2) is 5.78 Å². The summed E-state index contributed by atoms with van der Waals surface area (Å²) in [5.74, 6) is 0.0248. The Morgan fingerprint density at radius 3 is 2.09 bits per heavy atom. The van der Waals surface area contributed by atoms with Crippen molar-refractivity contribution in [1.29, 1.82) is 0 Å². The van der Waals surface area contributed by atoms with Gasteiger partial charge in [-0.3, -0.25) is 9.78 Å². The summed E-state index contributed by atoms with van der Waals surface area (Å²) in [6, 6.07) is 12.0. The number of halogens is 1. The summed E-state index contributed by atoms with van der Waals surface area (Å²) in [6.07, 6.45) is 3.71. The van der Waals surface area contributed by atoms with Crippen LogP contribution >= 0.6 is 11.6 Å². The maximum Gasteiger partial charge on any atom is 0.168 e. The number of pyridine rings is 1. The lowest BCUT2D eigenvalue weighted by Gasteiger charge is -2.10. The minimum atomic E-state index is 0.0248. The molecule has 1 aromatic heterocycles. The highest BCUT2D eigenvalue weighted by molar-refractivity contribution is 6.34. The van der Waals surface area contributed by atoms with E-state index in [-0.39, 0.29) is 5.78 Å². The van der Waals surface area contributed by atoms with E-state index in [0.29, 0.717) is 29.1 Å². The third-order valence-corrected chi connectivity index (χ3v) is 3.28. The van der Waals surface area contributed by atoms with Crippen molar-refractivity contribution in [2.45, 2.75) is 46.2 Å². The van der Waals surface area contributed by atoms with Gasteiger partial charge in [0.1, 0.15) is 0 Å². The minimum Gasteiger partial charge on any atom is -0.312 e. The Hall–Kier alpha value is -1.71. The molecule has 1 aromatic carbocycles. The van der Waals surface area contributed by atoms with Crippen molar-refractivity contribution in [1.82, 2.24) is 10.3 Å². The summed E-state index contributed by atoms with van der Waals surface area (Å²) in [5.41, 5.74) is 1.51. The third kappa shape index (κ3) is 7.91. The van der Waals surface area contributed by atoms with Crippen LogP contribution < -0.4 is 5.32 Å². The SMILES string of the molecule is CC(C)NC(C)C.O=C(Cc1ccncc1)c1ccccc1Cl. The number of Topliss-reactive ketones (excluding diaryl/α,β-unsaturated/α-hetero) is 1. The first-order valence-electron chi connectivity index (χ1n) is 7.82. The van der Waals surface area contributed by atoms with Crippen molar-refractivity contribution in [3.63, 3.8) is 0 Å². The minimum absolute atomic E-state index is 0.0248. The maximum absolute atomic E-state index is 11.9. The molecular formula is C19H25ClN2O. The first kappa shape index (κ1) is 19.3. The number of nitrogens with one attached hydrogen (secondary N) is 1. The van der Waals surface area contributed by atoms with Crippen molar-refractivity contribution in [2.75, 3.05) is 0 Å². The molecular weight excluding hydrogens is 308 g/mol. The standard InChI is InChI=1S/C13H10ClNO.C6H15N/c14-12-4-2-1-3-11(12)13(16)9-10-5-7-15-8-6-10;1-5(2)7-6(3)4/h1-8H,9H2;5-7H,1-4H3. The van der Waals surface area contributed by atoms with Gasteiger partial charge in [0.2, 0.25) is 0 Å². The maximum atomic E-state index is 11.9. The Labute approximate surface area is 144 Å². The zero-order chi connectivity index (χ0) is 17.2. The van der Waals surface area contributed by atoms with Crippen LogP contribution in [-0.2, 0) is 6.42 Å². The molecule has 0 amide bonds. The van der Waals surface area contributed by atoms with Gasteiger partial charge in [-0.15, -0.1) is 0 Å². The Balaban J connectivity index is 0.000000322. The number of rotatable bonds is 5. The lowest BCUT2D eigenvalue weighted by atomic mass is 10.0. The molecule has 0 atom stereocenters. The van der Waals surface area contributed by atoms with Gasteiger partial charge in [0, 0.05) is 36.5 Å². The molecule has 0 spiro atoms. The molecule has 3 nitrogen and oxygen atoms in total. The molecule has 0 saturated heterocycles. The van der Waals surface area contributed by atoms with Crippen LogP contribution in [0.4, 0.5) is 0 Å². The lowest BCUT2D eigenvalue weighted by Crippen LogP contribution is -2.29. The van der Waals surface area contributed by atoms with Crippen LogP contribution in [0, 0.1) is 0 Å². The second kappa shape index (κ2) is 10.1. The summed E-state index contributed by atoms with van der Waals surface area (Å²) in [6.45, 7) is 8.61. The lowest BCUT2D eigenvalue weighted by molar-refractivity contribution is 0.0993. The number of carbonyl (C=O) groups excluding carboxylic acids is 1. The summed E-state index contributed by atoms with van der Waals surface area (Å²) < 4.78 is 0. The number of aromatic nitrogens is 1. The number of hydrogen-bond acceptors (Lipinski definition) is 3.